The fourth-order valence-corrected chi connectivity index (χ4v) is 1.76. The summed E-state index contributed by atoms with van der Waals surface area (Å²) in [5.41, 5.74) is 12.5. The maximum Gasteiger partial charge on any atom is 0.118 e. The average Bonchev–Trinajstić information content (AvgIpc) is 2.29. The first-order valence-electron chi connectivity index (χ1n) is 5.36. The fraction of sp³-hybridized carbons (Fsp3) is 0.500. The van der Waals surface area contributed by atoms with Gasteiger partial charge >= 0.3 is 0 Å². The van der Waals surface area contributed by atoms with E-state index in [0.29, 0.717) is 19.0 Å². The van der Waals surface area contributed by atoms with Crippen LogP contribution >= 0.6 is 0 Å². The van der Waals surface area contributed by atoms with Gasteiger partial charge < -0.3 is 16.2 Å². The summed E-state index contributed by atoms with van der Waals surface area (Å²) >= 11 is 0. The van der Waals surface area contributed by atoms with E-state index in [4.69, 9.17) is 16.2 Å². The van der Waals surface area contributed by atoms with Gasteiger partial charge in [-0.3, -0.25) is 0 Å². The lowest BCUT2D eigenvalue weighted by atomic mass is 9.92. The van der Waals surface area contributed by atoms with Crippen LogP contribution in [0, 0.1) is 0 Å². The quantitative estimate of drug-likeness (QED) is 0.744. The van der Waals surface area contributed by atoms with E-state index in [1.807, 2.05) is 12.1 Å². The van der Waals surface area contributed by atoms with Gasteiger partial charge in [-0.05, 0) is 49.5 Å². The SMILES string of the molecule is COc1ccc(C(CCN)CCN)cc1. The zero-order chi connectivity index (χ0) is 11.1. The molecular weight excluding hydrogens is 188 g/mol. The van der Waals surface area contributed by atoms with E-state index >= 15 is 0 Å². The van der Waals surface area contributed by atoms with Crippen LogP contribution in [0.5, 0.6) is 5.75 Å². The van der Waals surface area contributed by atoms with Crippen LogP contribution in [0.4, 0.5) is 0 Å². The molecule has 15 heavy (non-hydrogen) atoms. The molecule has 0 aromatic heterocycles. The third-order valence-corrected chi connectivity index (χ3v) is 2.62. The molecule has 1 rings (SSSR count). The molecular formula is C12H20N2O. The standard InChI is InChI=1S/C12H20N2O/c1-15-12-4-2-10(3-5-12)11(6-8-13)7-9-14/h2-5,11H,6-9,13-14H2,1H3. The predicted molar refractivity (Wildman–Crippen MR) is 63.1 cm³/mol. The third kappa shape index (κ3) is 3.53. The molecule has 0 saturated carbocycles. The molecule has 84 valence electrons. The molecule has 4 N–H and O–H groups in total. The Morgan fingerprint density at radius 3 is 2.00 bits per heavy atom. The summed E-state index contributed by atoms with van der Waals surface area (Å²) in [7, 11) is 1.67. The van der Waals surface area contributed by atoms with Gasteiger partial charge in [0.15, 0.2) is 0 Å². The highest BCUT2D eigenvalue weighted by molar-refractivity contribution is 5.29. The lowest BCUT2D eigenvalue weighted by molar-refractivity contribution is 0.414. The van der Waals surface area contributed by atoms with Gasteiger partial charge in [-0.15, -0.1) is 0 Å². The predicted octanol–water partition coefficient (Wildman–Crippen LogP) is 1.48. The van der Waals surface area contributed by atoms with Gasteiger partial charge in [0.1, 0.15) is 5.75 Å². The Morgan fingerprint density at radius 2 is 1.60 bits per heavy atom. The number of benzene rings is 1. The van der Waals surface area contributed by atoms with Gasteiger partial charge in [0.25, 0.3) is 0 Å². The van der Waals surface area contributed by atoms with Crippen LogP contribution in [0.1, 0.15) is 24.3 Å². The Labute approximate surface area is 91.4 Å². The van der Waals surface area contributed by atoms with E-state index in [1.54, 1.807) is 7.11 Å². The minimum absolute atomic E-state index is 0.478. The molecule has 1 aromatic rings. The number of rotatable bonds is 6. The van der Waals surface area contributed by atoms with Crippen LogP contribution in [0.3, 0.4) is 0 Å². The molecule has 0 amide bonds. The van der Waals surface area contributed by atoms with E-state index in [9.17, 15) is 0 Å². The van der Waals surface area contributed by atoms with Crippen LogP contribution < -0.4 is 16.2 Å². The molecule has 0 unspecified atom stereocenters. The molecule has 0 heterocycles. The van der Waals surface area contributed by atoms with Crippen molar-refractivity contribution < 1.29 is 4.74 Å². The molecule has 0 radical (unpaired) electrons. The van der Waals surface area contributed by atoms with E-state index in [2.05, 4.69) is 12.1 Å². The smallest absolute Gasteiger partial charge is 0.118 e. The van der Waals surface area contributed by atoms with E-state index < -0.39 is 0 Å². The van der Waals surface area contributed by atoms with E-state index in [0.717, 1.165) is 18.6 Å². The molecule has 1 aromatic carbocycles. The summed E-state index contributed by atoms with van der Waals surface area (Å²) in [4.78, 5) is 0. The molecule has 3 heteroatoms. The van der Waals surface area contributed by atoms with Gasteiger partial charge in [-0.25, -0.2) is 0 Å². The molecule has 0 saturated heterocycles. The number of nitrogens with two attached hydrogens (primary N) is 2. The van der Waals surface area contributed by atoms with Crippen molar-refractivity contribution in [2.45, 2.75) is 18.8 Å². The van der Waals surface area contributed by atoms with Crippen LogP contribution in [0.2, 0.25) is 0 Å². The minimum Gasteiger partial charge on any atom is -0.497 e. The summed E-state index contributed by atoms with van der Waals surface area (Å²) in [5.74, 6) is 1.36. The second kappa shape index (κ2) is 6.43. The molecule has 0 bridgehead atoms. The number of hydrogen-bond acceptors (Lipinski definition) is 3. The van der Waals surface area contributed by atoms with Crippen LogP contribution in [-0.4, -0.2) is 20.2 Å². The molecule has 0 spiro atoms. The van der Waals surface area contributed by atoms with Crippen molar-refractivity contribution in [2.75, 3.05) is 20.2 Å². The Kier molecular flexibility index (Phi) is 5.15. The van der Waals surface area contributed by atoms with Crippen molar-refractivity contribution in [3.63, 3.8) is 0 Å². The van der Waals surface area contributed by atoms with Gasteiger partial charge in [0.05, 0.1) is 7.11 Å². The fourth-order valence-electron chi connectivity index (χ4n) is 1.76. The van der Waals surface area contributed by atoms with Crippen molar-refractivity contribution in [1.82, 2.24) is 0 Å². The van der Waals surface area contributed by atoms with Gasteiger partial charge in [0.2, 0.25) is 0 Å². The number of hydrogen-bond donors (Lipinski definition) is 2. The zero-order valence-electron chi connectivity index (χ0n) is 9.28. The summed E-state index contributed by atoms with van der Waals surface area (Å²) in [6.45, 7) is 1.41. The minimum atomic E-state index is 0.478. The first kappa shape index (κ1) is 12.0. The first-order chi connectivity index (χ1) is 7.31. The summed E-state index contributed by atoms with van der Waals surface area (Å²) in [6.07, 6.45) is 1.98. The van der Waals surface area contributed by atoms with Crippen LogP contribution in [0.15, 0.2) is 24.3 Å². The Balaban J connectivity index is 2.72. The largest absolute Gasteiger partial charge is 0.497 e. The van der Waals surface area contributed by atoms with Crippen molar-refractivity contribution >= 4 is 0 Å². The molecule has 3 nitrogen and oxygen atoms in total. The highest BCUT2D eigenvalue weighted by atomic mass is 16.5. The summed E-state index contributed by atoms with van der Waals surface area (Å²) in [6, 6.07) is 8.15. The van der Waals surface area contributed by atoms with Gasteiger partial charge in [0, 0.05) is 0 Å². The first-order valence-corrected chi connectivity index (χ1v) is 5.36. The highest BCUT2D eigenvalue weighted by Crippen LogP contribution is 2.24. The second-order valence-corrected chi connectivity index (χ2v) is 3.62. The topological polar surface area (TPSA) is 61.3 Å². The molecule has 0 aliphatic carbocycles. The molecule has 0 fully saturated rings. The lowest BCUT2D eigenvalue weighted by Crippen LogP contribution is -2.12. The molecule has 0 atom stereocenters. The van der Waals surface area contributed by atoms with Crippen molar-refractivity contribution in [3.8, 4) is 5.75 Å². The summed E-state index contributed by atoms with van der Waals surface area (Å²) in [5, 5.41) is 0. The maximum absolute atomic E-state index is 5.59. The zero-order valence-corrected chi connectivity index (χ0v) is 9.28. The Morgan fingerprint density at radius 1 is 1.07 bits per heavy atom. The van der Waals surface area contributed by atoms with Gasteiger partial charge in [-0.2, -0.15) is 0 Å². The molecule has 0 aliphatic heterocycles. The molecule has 0 aliphatic rings. The highest BCUT2D eigenvalue weighted by Gasteiger charge is 2.09. The van der Waals surface area contributed by atoms with Crippen molar-refractivity contribution in [3.05, 3.63) is 29.8 Å². The average molecular weight is 208 g/mol. The monoisotopic (exact) mass is 208 g/mol. The van der Waals surface area contributed by atoms with E-state index in [1.165, 1.54) is 5.56 Å². The number of methoxy groups -OCH3 is 1. The van der Waals surface area contributed by atoms with Crippen LogP contribution in [-0.2, 0) is 0 Å². The Hall–Kier alpha value is -1.06. The normalized spacial score (nSPS) is 10.7. The summed E-state index contributed by atoms with van der Waals surface area (Å²) < 4.78 is 5.12. The number of ether oxygens (including phenoxy) is 1. The van der Waals surface area contributed by atoms with Crippen molar-refractivity contribution in [1.29, 1.82) is 0 Å². The van der Waals surface area contributed by atoms with Crippen molar-refractivity contribution in [2.24, 2.45) is 11.5 Å². The van der Waals surface area contributed by atoms with Crippen LogP contribution in [0.25, 0.3) is 0 Å². The Bertz CT molecular complexity index is 265. The van der Waals surface area contributed by atoms with E-state index in [-0.39, 0.29) is 0 Å². The maximum atomic E-state index is 5.59. The third-order valence-electron chi connectivity index (χ3n) is 2.62. The lowest BCUT2D eigenvalue weighted by Gasteiger charge is -2.15. The second-order valence-electron chi connectivity index (χ2n) is 3.62. The van der Waals surface area contributed by atoms with Gasteiger partial charge in [-0.1, -0.05) is 12.1 Å².